The van der Waals surface area contributed by atoms with E-state index in [-0.39, 0.29) is 11.6 Å². The van der Waals surface area contributed by atoms with Crippen molar-refractivity contribution in [2.45, 2.75) is 44.2 Å². The Labute approximate surface area is 115 Å². The van der Waals surface area contributed by atoms with E-state index in [0.717, 1.165) is 25.0 Å². The molecule has 2 rings (SSSR count). The van der Waals surface area contributed by atoms with E-state index in [1.54, 1.807) is 7.11 Å². The first-order valence-electron chi connectivity index (χ1n) is 6.97. The maximum Gasteiger partial charge on any atom is 0.119 e. The first-order chi connectivity index (χ1) is 9.23. The van der Waals surface area contributed by atoms with Crippen LogP contribution in [0.25, 0.3) is 0 Å². The maximum atomic E-state index is 5.71. The van der Waals surface area contributed by atoms with Crippen molar-refractivity contribution in [1.82, 2.24) is 5.43 Å². The third kappa shape index (κ3) is 3.26. The van der Waals surface area contributed by atoms with Gasteiger partial charge in [-0.05, 0) is 50.3 Å². The number of rotatable bonds is 7. The van der Waals surface area contributed by atoms with Crippen LogP contribution in [0, 0.1) is 0 Å². The van der Waals surface area contributed by atoms with Crippen LogP contribution >= 0.6 is 0 Å². The van der Waals surface area contributed by atoms with E-state index >= 15 is 0 Å². The lowest BCUT2D eigenvalue weighted by Crippen LogP contribution is -2.44. The van der Waals surface area contributed by atoms with Gasteiger partial charge in [0, 0.05) is 13.2 Å². The van der Waals surface area contributed by atoms with E-state index in [2.05, 4.69) is 17.6 Å². The van der Waals surface area contributed by atoms with Gasteiger partial charge in [-0.2, -0.15) is 0 Å². The molecule has 1 aromatic rings. The van der Waals surface area contributed by atoms with Gasteiger partial charge in [-0.1, -0.05) is 12.1 Å². The molecule has 1 aromatic carbocycles. The quantitative estimate of drug-likeness (QED) is 0.587. The molecule has 1 unspecified atom stereocenters. The summed E-state index contributed by atoms with van der Waals surface area (Å²) in [6.07, 6.45) is 4.40. The van der Waals surface area contributed by atoms with Crippen LogP contribution in [0.2, 0.25) is 0 Å². The van der Waals surface area contributed by atoms with Crippen LogP contribution < -0.4 is 16.0 Å². The highest BCUT2D eigenvalue weighted by Gasteiger charge is 2.39. The minimum Gasteiger partial charge on any atom is -0.494 e. The fourth-order valence-corrected chi connectivity index (χ4v) is 2.67. The van der Waals surface area contributed by atoms with Crippen LogP contribution in [-0.2, 0) is 4.74 Å². The first-order valence-corrected chi connectivity index (χ1v) is 6.97. The highest BCUT2D eigenvalue weighted by Crippen LogP contribution is 2.41. The van der Waals surface area contributed by atoms with Crippen molar-refractivity contribution in [2.24, 2.45) is 5.84 Å². The average molecular weight is 264 g/mol. The van der Waals surface area contributed by atoms with Gasteiger partial charge >= 0.3 is 0 Å². The van der Waals surface area contributed by atoms with Crippen molar-refractivity contribution >= 4 is 0 Å². The smallest absolute Gasteiger partial charge is 0.119 e. The van der Waals surface area contributed by atoms with Crippen molar-refractivity contribution in [3.63, 3.8) is 0 Å². The van der Waals surface area contributed by atoms with E-state index in [1.165, 1.54) is 12.0 Å². The van der Waals surface area contributed by atoms with Crippen molar-refractivity contribution in [2.75, 3.05) is 13.7 Å². The van der Waals surface area contributed by atoms with Crippen molar-refractivity contribution in [3.8, 4) is 5.75 Å². The van der Waals surface area contributed by atoms with E-state index in [9.17, 15) is 0 Å². The molecule has 0 aromatic heterocycles. The lowest BCUT2D eigenvalue weighted by Gasteiger charge is -2.42. The summed E-state index contributed by atoms with van der Waals surface area (Å²) in [6.45, 7) is 2.67. The predicted molar refractivity (Wildman–Crippen MR) is 75.9 cm³/mol. The number of nitrogens with two attached hydrogens (primary N) is 1. The number of methoxy groups -OCH3 is 1. The normalized spacial score (nSPS) is 18.7. The molecular weight excluding hydrogens is 240 g/mol. The summed E-state index contributed by atoms with van der Waals surface area (Å²) in [5.41, 5.74) is 4.09. The lowest BCUT2D eigenvalue weighted by atomic mass is 9.75. The third-order valence-electron chi connectivity index (χ3n) is 4.07. The highest BCUT2D eigenvalue weighted by atomic mass is 16.5. The van der Waals surface area contributed by atoms with E-state index in [4.69, 9.17) is 15.3 Å². The Morgan fingerprint density at radius 3 is 2.42 bits per heavy atom. The van der Waals surface area contributed by atoms with Crippen LogP contribution in [0.15, 0.2) is 24.3 Å². The van der Waals surface area contributed by atoms with Gasteiger partial charge in [0.15, 0.2) is 0 Å². The number of hydrazine groups is 1. The zero-order valence-electron chi connectivity index (χ0n) is 11.8. The molecule has 4 heteroatoms. The van der Waals surface area contributed by atoms with Crippen LogP contribution in [0.5, 0.6) is 5.75 Å². The van der Waals surface area contributed by atoms with Crippen LogP contribution in [0.4, 0.5) is 0 Å². The molecule has 1 atom stereocenters. The molecule has 1 aliphatic carbocycles. The largest absolute Gasteiger partial charge is 0.494 e. The van der Waals surface area contributed by atoms with E-state index < -0.39 is 0 Å². The molecule has 0 heterocycles. The number of hydrogen-bond acceptors (Lipinski definition) is 4. The molecule has 1 fully saturated rings. The molecule has 0 radical (unpaired) electrons. The van der Waals surface area contributed by atoms with Crippen LogP contribution in [0.3, 0.4) is 0 Å². The highest BCUT2D eigenvalue weighted by molar-refractivity contribution is 5.29. The van der Waals surface area contributed by atoms with Gasteiger partial charge in [0.05, 0.1) is 12.2 Å². The molecule has 1 saturated carbocycles. The third-order valence-corrected chi connectivity index (χ3v) is 4.07. The second kappa shape index (κ2) is 6.37. The van der Waals surface area contributed by atoms with Gasteiger partial charge in [0.2, 0.25) is 0 Å². The SMILES string of the molecule is CCOc1ccc(C(CC2(OC)CCC2)NN)cc1. The Balaban J connectivity index is 2.04. The molecule has 106 valence electrons. The molecule has 4 nitrogen and oxygen atoms in total. The Morgan fingerprint density at radius 1 is 1.32 bits per heavy atom. The average Bonchev–Trinajstić information content (AvgIpc) is 2.40. The monoisotopic (exact) mass is 264 g/mol. The number of hydrogen-bond donors (Lipinski definition) is 2. The Kier molecular flexibility index (Phi) is 4.80. The first kappa shape index (κ1) is 14.3. The predicted octanol–water partition coefficient (Wildman–Crippen LogP) is 2.55. The summed E-state index contributed by atoms with van der Waals surface area (Å²) < 4.78 is 11.1. The second-order valence-corrected chi connectivity index (χ2v) is 5.17. The zero-order chi connectivity index (χ0) is 13.7. The van der Waals surface area contributed by atoms with Gasteiger partial charge in [-0.25, -0.2) is 0 Å². The number of benzene rings is 1. The number of nitrogens with one attached hydrogen (secondary N) is 1. The minimum atomic E-state index is 0.00955. The summed E-state index contributed by atoms with van der Waals surface area (Å²) in [4.78, 5) is 0. The molecule has 1 aliphatic rings. The summed E-state index contributed by atoms with van der Waals surface area (Å²) in [5, 5.41) is 0. The Hall–Kier alpha value is -1.10. The Bertz CT molecular complexity index is 382. The van der Waals surface area contributed by atoms with Crippen molar-refractivity contribution in [3.05, 3.63) is 29.8 Å². The molecule has 0 amide bonds. The minimum absolute atomic E-state index is 0.00955. The van der Waals surface area contributed by atoms with Crippen LogP contribution in [0.1, 0.15) is 44.2 Å². The van der Waals surface area contributed by atoms with Crippen molar-refractivity contribution < 1.29 is 9.47 Å². The fraction of sp³-hybridized carbons (Fsp3) is 0.600. The van der Waals surface area contributed by atoms with Gasteiger partial charge in [-0.3, -0.25) is 11.3 Å². The van der Waals surface area contributed by atoms with Gasteiger partial charge in [0.1, 0.15) is 5.75 Å². The van der Waals surface area contributed by atoms with Gasteiger partial charge in [-0.15, -0.1) is 0 Å². The summed E-state index contributed by atoms with van der Waals surface area (Å²) in [6, 6.07) is 8.23. The molecule has 0 spiro atoms. The summed E-state index contributed by atoms with van der Waals surface area (Å²) in [5.74, 6) is 6.60. The van der Waals surface area contributed by atoms with Crippen molar-refractivity contribution in [1.29, 1.82) is 0 Å². The molecular formula is C15H24N2O2. The molecule has 0 bridgehead atoms. The van der Waals surface area contributed by atoms with Gasteiger partial charge in [0.25, 0.3) is 0 Å². The maximum absolute atomic E-state index is 5.71. The van der Waals surface area contributed by atoms with Gasteiger partial charge < -0.3 is 9.47 Å². The lowest BCUT2D eigenvalue weighted by molar-refractivity contribution is -0.0838. The molecule has 0 aliphatic heterocycles. The Morgan fingerprint density at radius 2 is 2.00 bits per heavy atom. The van der Waals surface area contributed by atoms with E-state index in [1.807, 2.05) is 19.1 Å². The topological polar surface area (TPSA) is 56.5 Å². The standard InChI is InChI=1S/C15H24N2O2/c1-3-19-13-7-5-12(6-8-13)14(17-16)11-15(18-2)9-4-10-15/h5-8,14,17H,3-4,9-11,16H2,1-2H3. The number of ether oxygens (including phenoxy) is 2. The van der Waals surface area contributed by atoms with E-state index in [0.29, 0.717) is 6.61 Å². The summed E-state index contributed by atoms with van der Waals surface area (Å²) >= 11 is 0. The second-order valence-electron chi connectivity index (χ2n) is 5.17. The molecule has 19 heavy (non-hydrogen) atoms. The fourth-order valence-electron chi connectivity index (χ4n) is 2.67. The van der Waals surface area contributed by atoms with Crippen LogP contribution in [-0.4, -0.2) is 19.3 Å². The zero-order valence-corrected chi connectivity index (χ0v) is 11.8. The summed E-state index contributed by atoms with van der Waals surface area (Å²) in [7, 11) is 1.80. The molecule has 3 N–H and O–H groups in total. The molecule has 0 saturated heterocycles.